The molecule has 1 amide bonds. The fourth-order valence-corrected chi connectivity index (χ4v) is 5.95. The van der Waals surface area contributed by atoms with Gasteiger partial charge in [0.25, 0.3) is 5.91 Å². The second kappa shape index (κ2) is 10.7. The number of fused-ring (bicyclic) bond motifs is 1. The highest BCUT2D eigenvalue weighted by Crippen LogP contribution is 2.40. The topological polar surface area (TPSA) is 70.9 Å². The Labute approximate surface area is 213 Å². The highest BCUT2D eigenvalue weighted by atomic mass is 79.9. The first kappa shape index (κ1) is 24.5. The zero-order valence-corrected chi connectivity index (χ0v) is 22.1. The molecule has 0 fully saturated rings. The number of halogens is 1. The van der Waals surface area contributed by atoms with Crippen molar-refractivity contribution in [2.75, 3.05) is 12.4 Å². The van der Waals surface area contributed by atoms with Crippen molar-refractivity contribution in [3.8, 4) is 11.5 Å². The predicted molar refractivity (Wildman–Crippen MR) is 144 cm³/mol. The van der Waals surface area contributed by atoms with E-state index in [4.69, 9.17) is 9.73 Å². The van der Waals surface area contributed by atoms with E-state index in [-0.39, 0.29) is 11.7 Å². The number of aliphatic imine (C=N–C) groups is 1. The number of benzene rings is 2. The summed E-state index contributed by atoms with van der Waals surface area (Å²) in [6.45, 7) is 4.01. The molecule has 34 heavy (non-hydrogen) atoms. The van der Waals surface area contributed by atoms with Gasteiger partial charge >= 0.3 is 0 Å². The van der Waals surface area contributed by atoms with E-state index in [0.717, 1.165) is 52.5 Å². The van der Waals surface area contributed by atoms with Crippen molar-refractivity contribution in [1.29, 1.82) is 0 Å². The van der Waals surface area contributed by atoms with Crippen molar-refractivity contribution < 1.29 is 14.6 Å². The minimum absolute atomic E-state index is 0.0192. The molecular formula is C27H29BrN2O3S. The number of ether oxygens (including phenoxy) is 1. The third kappa shape index (κ3) is 5.36. The van der Waals surface area contributed by atoms with E-state index in [0.29, 0.717) is 21.9 Å². The number of carbonyl (C=O) groups excluding carboxylic acids is 1. The molecule has 7 heteroatoms. The van der Waals surface area contributed by atoms with Gasteiger partial charge in [-0.1, -0.05) is 40.9 Å². The number of carbonyl (C=O) groups is 1. The summed E-state index contributed by atoms with van der Waals surface area (Å²) in [6.07, 6.45) is 8.04. The van der Waals surface area contributed by atoms with Crippen LogP contribution in [0.2, 0.25) is 0 Å². The first-order valence-electron chi connectivity index (χ1n) is 11.5. The summed E-state index contributed by atoms with van der Waals surface area (Å²) in [5, 5.41) is 14.4. The summed E-state index contributed by atoms with van der Waals surface area (Å²) in [5.41, 5.74) is 5.23. The lowest BCUT2D eigenvalue weighted by molar-refractivity contribution is 0.102. The van der Waals surface area contributed by atoms with Gasteiger partial charge < -0.3 is 15.2 Å². The number of hydrogen-bond acceptors (Lipinski definition) is 5. The fourth-order valence-electron chi connectivity index (χ4n) is 4.26. The first-order chi connectivity index (χ1) is 16.4. The highest BCUT2D eigenvalue weighted by Gasteiger charge is 2.24. The maximum Gasteiger partial charge on any atom is 0.259 e. The predicted octanol–water partition coefficient (Wildman–Crippen LogP) is 7.50. The van der Waals surface area contributed by atoms with E-state index in [9.17, 15) is 9.90 Å². The van der Waals surface area contributed by atoms with Crippen LogP contribution in [0.4, 0.5) is 10.7 Å². The summed E-state index contributed by atoms with van der Waals surface area (Å²) >= 11 is 5.04. The van der Waals surface area contributed by atoms with Crippen LogP contribution >= 0.6 is 27.3 Å². The van der Waals surface area contributed by atoms with Crippen molar-refractivity contribution in [3.05, 3.63) is 67.5 Å². The molecule has 4 rings (SSSR count). The first-order valence-corrected chi connectivity index (χ1v) is 13.1. The van der Waals surface area contributed by atoms with Gasteiger partial charge in [-0.15, -0.1) is 11.3 Å². The van der Waals surface area contributed by atoms with Crippen molar-refractivity contribution in [2.24, 2.45) is 4.99 Å². The van der Waals surface area contributed by atoms with Crippen LogP contribution in [0.15, 0.2) is 39.8 Å². The van der Waals surface area contributed by atoms with E-state index in [1.54, 1.807) is 29.7 Å². The number of phenolic OH excluding ortho intramolecular Hbond substituents is 1. The Morgan fingerprint density at radius 1 is 1.15 bits per heavy atom. The molecule has 0 saturated carbocycles. The van der Waals surface area contributed by atoms with Crippen LogP contribution in [0.5, 0.6) is 11.5 Å². The average Bonchev–Trinajstić information content (AvgIpc) is 3.12. The van der Waals surface area contributed by atoms with Gasteiger partial charge in [-0.05, 0) is 74.4 Å². The molecule has 0 atom stereocenters. The number of anilines is 1. The molecule has 3 aromatic rings. The SMILES string of the molecule is COc1cc(Br)cc(C=Nc2sc3c(c2C(=O)Nc2cc(C)ccc2C)CCCCCC3)c1O. The van der Waals surface area contributed by atoms with Crippen LogP contribution in [-0.2, 0) is 12.8 Å². The zero-order valence-electron chi connectivity index (χ0n) is 19.7. The number of nitrogens with one attached hydrogen (secondary N) is 1. The molecule has 1 aliphatic carbocycles. The van der Waals surface area contributed by atoms with Crippen molar-refractivity contribution in [1.82, 2.24) is 0 Å². The quantitative estimate of drug-likeness (QED) is 0.329. The third-order valence-corrected chi connectivity index (χ3v) is 7.79. The Bertz CT molecular complexity index is 1250. The summed E-state index contributed by atoms with van der Waals surface area (Å²) in [7, 11) is 1.51. The van der Waals surface area contributed by atoms with Gasteiger partial charge in [-0.25, -0.2) is 4.99 Å². The van der Waals surface area contributed by atoms with Gasteiger partial charge in [0, 0.05) is 26.8 Å². The molecule has 5 nitrogen and oxygen atoms in total. The number of rotatable bonds is 5. The van der Waals surface area contributed by atoms with Crippen molar-refractivity contribution >= 4 is 50.1 Å². The summed E-state index contributed by atoms with van der Waals surface area (Å²) in [6, 6.07) is 9.54. The molecule has 0 radical (unpaired) electrons. The smallest absolute Gasteiger partial charge is 0.259 e. The normalized spacial score (nSPS) is 13.9. The van der Waals surface area contributed by atoms with Gasteiger partial charge in [0.1, 0.15) is 5.00 Å². The molecule has 0 unspecified atom stereocenters. The lowest BCUT2D eigenvalue weighted by atomic mass is 9.96. The molecule has 1 aliphatic rings. The van der Waals surface area contributed by atoms with E-state index in [2.05, 4.69) is 21.2 Å². The number of aryl methyl sites for hydroxylation is 3. The van der Waals surface area contributed by atoms with E-state index >= 15 is 0 Å². The molecule has 0 spiro atoms. The number of methoxy groups -OCH3 is 1. The molecule has 0 bridgehead atoms. The lowest BCUT2D eigenvalue weighted by Gasteiger charge is -2.13. The number of aromatic hydroxyl groups is 1. The van der Waals surface area contributed by atoms with Gasteiger partial charge in [0.15, 0.2) is 11.5 Å². The third-order valence-electron chi connectivity index (χ3n) is 6.13. The Balaban J connectivity index is 1.76. The number of phenols is 1. The second-order valence-corrected chi connectivity index (χ2v) is 10.7. The van der Waals surface area contributed by atoms with Crippen LogP contribution in [-0.4, -0.2) is 24.3 Å². The standard InChI is InChI=1S/C27H29BrN2O3S/c1-16-10-11-17(2)21(12-16)30-26(32)24-20-8-6-4-5-7-9-23(20)34-27(24)29-15-18-13-19(28)14-22(33-3)25(18)31/h10-15,31H,4-9H2,1-3H3,(H,30,32). The van der Waals surface area contributed by atoms with Crippen LogP contribution < -0.4 is 10.1 Å². The summed E-state index contributed by atoms with van der Waals surface area (Å²) in [5.74, 6) is 0.253. The maximum absolute atomic E-state index is 13.6. The Kier molecular flexibility index (Phi) is 7.73. The number of hydrogen-bond donors (Lipinski definition) is 2. The van der Waals surface area contributed by atoms with E-state index in [1.807, 2.05) is 32.0 Å². The van der Waals surface area contributed by atoms with Gasteiger partial charge in [0.2, 0.25) is 0 Å². The van der Waals surface area contributed by atoms with Gasteiger partial charge in [-0.2, -0.15) is 0 Å². The number of nitrogens with zero attached hydrogens (tertiary/aromatic N) is 1. The lowest BCUT2D eigenvalue weighted by Crippen LogP contribution is -2.15. The largest absolute Gasteiger partial charge is 0.504 e. The van der Waals surface area contributed by atoms with E-state index in [1.165, 1.54) is 24.8 Å². The molecule has 178 valence electrons. The maximum atomic E-state index is 13.6. The molecule has 1 heterocycles. The number of thiophene rings is 1. The van der Waals surface area contributed by atoms with Crippen LogP contribution in [0.1, 0.15) is 63.2 Å². The fraction of sp³-hybridized carbons (Fsp3) is 0.333. The molecule has 0 aliphatic heterocycles. The van der Waals surface area contributed by atoms with Crippen LogP contribution in [0.25, 0.3) is 0 Å². The second-order valence-electron chi connectivity index (χ2n) is 8.67. The monoisotopic (exact) mass is 540 g/mol. The summed E-state index contributed by atoms with van der Waals surface area (Å²) in [4.78, 5) is 19.6. The van der Waals surface area contributed by atoms with Crippen molar-refractivity contribution in [3.63, 3.8) is 0 Å². The minimum atomic E-state index is -0.130. The molecule has 2 aromatic carbocycles. The minimum Gasteiger partial charge on any atom is -0.504 e. The van der Waals surface area contributed by atoms with Crippen LogP contribution in [0.3, 0.4) is 0 Å². The molecule has 0 saturated heterocycles. The highest BCUT2D eigenvalue weighted by molar-refractivity contribution is 9.10. The Morgan fingerprint density at radius 2 is 1.91 bits per heavy atom. The Morgan fingerprint density at radius 3 is 2.68 bits per heavy atom. The van der Waals surface area contributed by atoms with E-state index < -0.39 is 0 Å². The molecule has 2 N–H and O–H groups in total. The average molecular weight is 542 g/mol. The Hall–Kier alpha value is -2.64. The molecule has 1 aromatic heterocycles. The number of amides is 1. The van der Waals surface area contributed by atoms with Crippen LogP contribution in [0, 0.1) is 13.8 Å². The van der Waals surface area contributed by atoms with Gasteiger partial charge in [-0.3, -0.25) is 4.79 Å². The van der Waals surface area contributed by atoms with Crippen molar-refractivity contribution in [2.45, 2.75) is 52.4 Å². The zero-order chi connectivity index (χ0) is 24.2. The summed E-state index contributed by atoms with van der Waals surface area (Å²) < 4.78 is 6.03. The molecular weight excluding hydrogens is 512 g/mol. The van der Waals surface area contributed by atoms with Gasteiger partial charge in [0.05, 0.1) is 12.7 Å².